The molecule has 0 saturated heterocycles. The lowest BCUT2D eigenvalue weighted by Gasteiger charge is -2.08. The Morgan fingerprint density at radius 3 is 2.33 bits per heavy atom. The second-order valence-electron chi connectivity index (χ2n) is 4.03. The lowest BCUT2D eigenvalue weighted by Crippen LogP contribution is -2.32. The van der Waals surface area contributed by atoms with E-state index in [0.717, 1.165) is 0 Å². The van der Waals surface area contributed by atoms with Crippen molar-refractivity contribution in [3.63, 3.8) is 0 Å². The number of carbonyl (C=O) groups is 2. The molecule has 1 aromatic rings. The minimum absolute atomic E-state index is 0.0198. The average Bonchev–Trinajstić information content (AvgIpc) is 2.35. The van der Waals surface area contributed by atoms with Gasteiger partial charge in [0.15, 0.2) is 12.4 Å². The van der Waals surface area contributed by atoms with Crippen LogP contribution >= 0.6 is 0 Å². The fourth-order valence-electron chi connectivity index (χ4n) is 1.27. The molecule has 0 bridgehead atoms. The van der Waals surface area contributed by atoms with Gasteiger partial charge in [-0.05, 0) is 38.1 Å². The minimum atomic E-state index is -0.591. The first-order valence-electron chi connectivity index (χ1n) is 5.63. The first kappa shape index (κ1) is 14.0. The van der Waals surface area contributed by atoms with Gasteiger partial charge < -0.3 is 14.8 Å². The molecule has 0 aliphatic rings. The van der Waals surface area contributed by atoms with E-state index in [1.165, 1.54) is 0 Å². The third kappa shape index (κ3) is 4.45. The SMILES string of the molecule is COc1ccc(C(=O)COC(=O)NC(C)C)cc1. The van der Waals surface area contributed by atoms with E-state index in [-0.39, 0.29) is 18.4 Å². The standard InChI is InChI=1S/C13H17NO4/c1-9(2)14-13(16)18-8-12(15)10-4-6-11(17-3)7-5-10/h4-7,9H,8H2,1-3H3,(H,14,16). The Hall–Kier alpha value is -2.04. The Kier molecular flexibility index (Phi) is 5.17. The predicted molar refractivity (Wildman–Crippen MR) is 66.9 cm³/mol. The molecule has 0 aromatic heterocycles. The molecule has 1 N–H and O–H groups in total. The van der Waals surface area contributed by atoms with E-state index in [1.807, 2.05) is 13.8 Å². The maximum absolute atomic E-state index is 11.7. The summed E-state index contributed by atoms with van der Waals surface area (Å²) in [6, 6.07) is 6.60. The molecule has 0 atom stereocenters. The highest BCUT2D eigenvalue weighted by Crippen LogP contribution is 2.11. The zero-order valence-electron chi connectivity index (χ0n) is 10.7. The predicted octanol–water partition coefficient (Wildman–Crippen LogP) is 2.01. The zero-order valence-corrected chi connectivity index (χ0v) is 10.7. The second kappa shape index (κ2) is 6.64. The molecule has 0 heterocycles. The van der Waals surface area contributed by atoms with Gasteiger partial charge in [-0.1, -0.05) is 0 Å². The van der Waals surface area contributed by atoms with Crippen LogP contribution in [0.5, 0.6) is 5.75 Å². The van der Waals surface area contributed by atoms with Crippen molar-refractivity contribution in [2.75, 3.05) is 13.7 Å². The van der Waals surface area contributed by atoms with Crippen LogP contribution < -0.4 is 10.1 Å². The number of hydrogen-bond donors (Lipinski definition) is 1. The quantitative estimate of drug-likeness (QED) is 0.813. The zero-order chi connectivity index (χ0) is 13.5. The molecule has 5 heteroatoms. The fraction of sp³-hybridized carbons (Fsp3) is 0.385. The summed E-state index contributed by atoms with van der Waals surface area (Å²) in [6.45, 7) is 3.35. The fourth-order valence-corrected chi connectivity index (χ4v) is 1.27. The van der Waals surface area contributed by atoms with Gasteiger partial charge >= 0.3 is 6.09 Å². The smallest absolute Gasteiger partial charge is 0.407 e. The van der Waals surface area contributed by atoms with Crippen LogP contribution in [-0.2, 0) is 4.74 Å². The van der Waals surface area contributed by atoms with Crippen LogP contribution in [0, 0.1) is 0 Å². The van der Waals surface area contributed by atoms with E-state index < -0.39 is 6.09 Å². The third-order valence-corrected chi connectivity index (χ3v) is 2.15. The number of rotatable bonds is 5. The van der Waals surface area contributed by atoms with E-state index in [9.17, 15) is 9.59 Å². The molecule has 0 fully saturated rings. The van der Waals surface area contributed by atoms with Gasteiger partial charge in [-0.2, -0.15) is 0 Å². The first-order chi connectivity index (χ1) is 8.52. The summed E-state index contributed by atoms with van der Waals surface area (Å²) in [5, 5.41) is 2.53. The molecule has 1 aromatic carbocycles. The molecule has 98 valence electrons. The minimum Gasteiger partial charge on any atom is -0.497 e. The molecule has 0 unspecified atom stereocenters. The number of Topliss-reactive ketones (excluding diaryl/α,β-unsaturated/α-hetero) is 1. The number of carbonyl (C=O) groups excluding carboxylic acids is 2. The Morgan fingerprint density at radius 1 is 1.22 bits per heavy atom. The number of nitrogens with one attached hydrogen (secondary N) is 1. The topological polar surface area (TPSA) is 64.6 Å². The van der Waals surface area contributed by atoms with Gasteiger partial charge in [0, 0.05) is 11.6 Å². The number of ketones is 1. The van der Waals surface area contributed by atoms with Crippen LogP contribution in [-0.4, -0.2) is 31.6 Å². The summed E-state index contributed by atoms with van der Waals surface area (Å²) in [6.07, 6.45) is -0.591. The van der Waals surface area contributed by atoms with Crippen molar-refractivity contribution in [3.05, 3.63) is 29.8 Å². The van der Waals surface area contributed by atoms with Gasteiger partial charge in [0.2, 0.25) is 0 Å². The van der Waals surface area contributed by atoms with E-state index in [4.69, 9.17) is 9.47 Å². The molecule has 0 saturated carbocycles. The largest absolute Gasteiger partial charge is 0.497 e. The molecular formula is C13H17NO4. The summed E-state index contributed by atoms with van der Waals surface area (Å²) >= 11 is 0. The molecule has 1 rings (SSSR count). The van der Waals surface area contributed by atoms with E-state index in [1.54, 1.807) is 31.4 Å². The van der Waals surface area contributed by atoms with Gasteiger partial charge in [0.25, 0.3) is 0 Å². The normalized spacial score (nSPS) is 10.0. The summed E-state index contributed by atoms with van der Waals surface area (Å²) in [5.41, 5.74) is 0.480. The highest BCUT2D eigenvalue weighted by molar-refractivity contribution is 5.97. The highest BCUT2D eigenvalue weighted by Gasteiger charge is 2.10. The third-order valence-electron chi connectivity index (χ3n) is 2.15. The molecule has 1 amide bonds. The molecule has 0 spiro atoms. The van der Waals surface area contributed by atoms with Crippen molar-refractivity contribution in [2.45, 2.75) is 19.9 Å². The molecule has 0 aliphatic carbocycles. The molecule has 18 heavy (non-hydrogen) atoms. The van der Waals surface area contributed by atoms with Crippen LogP contribution in [0.2, 0.25) is 0 Å². The van der Waals surface area contributed by atoms with Gasteiger partial charge in [0.1, 0.15) is 5.75 Å². The number of hydrogen-bond acceptors (Lipinski definition) is 4. The van der Waals surface area contributed by atoms with Crippen LogP contribution in [0.3, 0.4) is 0 Å². The molecule has 0 radical (unpaired) electrons. The van der Waals surface area contributed by atoms with Crippen molar-refractivity contribution in [2.24, 2.45) is 0 Å². The molecular weight excluding hydrogens is 234 g/mol. The summed E-state index contributed by atoms with van der Waals surface area (Å²) in [4.78, 5) is 22.9. The summed E-state index contributed by atoms with van der Waals surface area (Å²) < 4.78 is 9.78. The van der Waals surface area contributed by atoms with Crippen molar-refractivity contribution >= 4 is 11.9 Å². The Labute approximate surface area is 106 Å². The van der Waals surface area contributed by atoms with Crippen LogP contribution in [0.15, 0.2) is 24.3 Å². The van der Waals surface area contributed by atoms with Gasteiger partial charge in [-0.15, -0.1) is 0 Å². The number of alkyl carbamates (subject to hydrolysis) is 1. The molecule has 5 nitrogen and oxygen atoms in total. The van der Waals surface area contributed by atoms with E-state index >= 15 is 0 Å². The van der Waals surface area contributed by atoms with Crippen molar-refractivity contribution in [3.8, 4) is 5.75 Å². The molecule has 0 aliphatic heterocycles. The van der Waals surface area contributed by atoms with Crippen LogP contribution in [0.1, 0.15) is 24.2 Å². The van der Waals surface area contributed by atoms with Crippen molar-refractivity contribution in [1.82, 2.24) is 5.32 Å². The monoisotopic (exact) mass is 251 g/mol. The van der Waals surface area contributed by atoms with Gasteiger partial charge in [0.05, 0.1) is 7.11 Å². The second-order valence-corrected chi connectivity index (χ2v) is 4.03. The van der Waals surface area contributed by atoms with E-state index in [0.29, 0.717) is 11.3 Å². The van der Waals surface area contributed by atoms with Crippen LogP contribution in [0.25, 0.3) is 0 Å². The van der Waals surface area contributed by atoms with Crippen LogP contribution in [0.4, 0.5) is 4.79 Å². The lowest BCUT2D eigenvalue weighted by molar-refractivity contribution is 0.0840. The summed E-state index contributed by atoms with van der Waals surface area (Å²) in [7, 11) is 1.55. The summed E-state index contributed by atoms with van der Waals surface area (Å²) in [5.74, 6) is 0.418. The van der Waals surface area contributed by atoms with E-state index in [2.05, 4.69) is 5.32 Å². The maximum Gasteiger partial charge on any atom is 0.407 e. The van der Waals surface area contributed by atoms with Crippen molar-refractivity contribution in [1.29, 1.82) is 0 Å². The highest BCUT2D eigenvalue weighted by atomic mass is 16.6. The Bertz CT molecular complexity index is 412. The number of amides is 1. The maximum atomic E-state index is 11.7. The van der Waals surface area contributed by atoms with Gasteiger partial charge in [-0.3, -0.25) is 4.79 Å². The Balaban J connectivity index is 2.47. The van der Waals surface area contributed by atoms with Gasteiger partial charge in [-0.25, -0.2) is 4.79 Å². The number of methoxy groups -OCH3 is 1. The average molecular weight is 251 g/mol. The number of ether oxygens (including phenoxy) is 2. The number of benzene rings is 1. The lowest BCUT2D eigenvalue weighted by atomic mass is 10.1. The Morgan fingerprint density at radius 2 is 1.83 bits per heavy atom. The van der Waals surface area contributed by atoms with Crippen molar-refractivity contribution < 1.29 is 19.1 Å². The first-order valence-corrected chi connectivity index (χ1v) is 5.63.